The molecule has 6 heteroatoms. The second kappa shape index (κ2) is 6.89. The number of thiazole rings is 1. The molecule has 0 unspecified atom stereocenters. The van der Waals surface area contributed by atoms with Crippen molar-refractivity contribution in [2.75, 3.05) is 5.75 Å². The van der Waals surface area contributed by atoms with Crippen LogP contribution in [0.15, 0.2) is 34.5 Å². The van der Waals surface area contributed by atoms with E-state index in [0.29, 0.717) is 10.0 Å². The number of rotatable bonds is 5. The van der Waals surface area contributed by atoms with E-state index in [1.807, 2.05) is 36.6 Å². The van der Waals surface area contributed by atoms with Crippen LogP contribution in [-0.4, -0.2) is 16.5 Å². The summed E-state index contributed by atoms with van der Waals surface area (Å²) in [6.45, 7) is 1.84. The Morgan fingerprint density at radius 3 is 2.90 bits per heavy atom. The lowest BCUT2D eigenvalue weighted by molar-refractivity contribution is -0.116. The summed E-state index contributed by atoms with van der Waals surface area (Å²) in [5.74, 6) is -0.726. The van der Waals surface area contributed by atoms with Crippen molar-refractivity contribution in [3.8, 4) is 6.07 Å². The molecule has 0 aliphatic carbocycles. The molecule has 0 aliphatic rings. The predicted molar refractivity (Wildman–Crippen MR) is 82.4 cm³/mol. The number of halogens is 1. The Hall–Kier alpha value is -1.35. The van der Waals surface area contributed by atoms with Crippen molar-refractivity contribution in [2.45, 2.75) is 17.7 Å². The first-order chi connectivity index (χ1) is 9.61. The zero-order valence-electron chi connectivity index (χ0n) is 10.7. The number of aromatic nitrogens is 1. The third-order valence-corrected chi connectivity index (χ3v) is 5.11. The van der Waals surface area contributed by atoms with Crippen molar-refractivity contribution in [2.24, 2.45) is 0 Å². The average molecular weight is 323 g/mol. The van der Waals surface area contributed by atoms with Crippen LogP contribution in [0, 0.1) is 18.3 Å². The van der Waals surface area contributed by atoms with E-state index >= 15 is 0 Å². The summed E-state index contributed by atoms with van der Waals surface area (Å²) in [6.07, 6.45) is 0. The number of ketones is 1. The molecule has 2 aromatic rings. The lowest BCUT2D eigenvalue weighted by Gasteiger charge is -2.06. The largest absolute Gasteiger partial charge is 0.297 e. The number of Topliss-reactive ketones (excluding diaryl/α,β-unsaturated/α-hetero) is 1. The molecule has 3 nitrogen and oxygen atoms in total. The highest BCUT2D eigenvalue weighted by atomic mass is 35.5. The first-order valence-corrected chi connectivity index (χ1v) is 8.08. The van der Waals surface area contributed by atoms with Gasteiger partial charge >= 0.3 is 0 Å². The quantitative estimate of drug-likeness (QED) is 0.778. The van der Waals surface area contributed by atoms with Gasteiger partial charge in [0.05, 0.1) is 16.8 Å². The normalized spacial score (nSPS) is 11.8. The summed E-state index contributed by atoms with van der Waals surface area (Å²) in [5, 5.41) is 12.2. The van der Waals surface area contributed by atoms with E-state index in [9.17, 15) is 10.1 Å². The Balaban J connectivity index is 2.04. The van der Waals surface area contributed by atoms with Gasteiger partial charge in [0.1, 0.15) is 5.01 Å². The lowest BCUT2D eigenvalue weighted by Crippen LogP contribution is -2.13. The average Bonchev–Trinajstić information content (AvgIpc) is 2.85. The number of nitrogens with zero attached hydrogens (tertiary/aromatic N) is 2. The molecular weight excluding hydrogens is 312 g/mol. The van der Waals surface area contributed by atoms with Crippen molar-refractivity contribution >= 4 is 40.5 Å². The number of benzene rings is 1. The third kappa shape index (κ3) is 3.60. The van der Waals surface area contributed by atoms with Crippen LogP contribution in [0.5, 0.6) is 0 Å². The molecule has 1 aromatic carbocycles. The van der Waals surface area contributed by atoms with E-state index in [2.05, 4.69) is 4.98 Å². The van der Waals surface area contributed by atoms with Crippen LogP contribution in [0.1, 0.15) is 16.6 Å². The minimum Gasteiger partial charge on any atom is -0.297 e. The molecule has 2 rings (SSSR count). The van der Waals surface area contributed by atoms with Gasteiger partial charge in [0.15, 0.2) is 11.7 Å². The van der Waals surface area contributed by atoms with Gasteiger partial charge in [-0.1, -0.05) is 23.7 Å². The molecule has 1 atom stereocenters. The molecule has 0 amide bonds. The van der Waals surface area contributed by atoms with Crippen molar-refractivity contribution in [1.82, 2.24) is 4.98 Å². The number of aryl methyl sites for hydroxylation is 1. The van der Waals surface area contributed by atoms with Gasteiger partial charge in [-0.2, -0.15) is 5.26 Å². The molecule has 1 heterocycles. The summed E-state index contributed by atoms with van der Waals surface area (Å²) < 4.78 is 0. The van der Waals surface area contributed by atoms with Crippen LogP contribution in [-0.2, 0) is 4.79 Å². The van der Waals surface area contributed by atoms with E-state index in [0.717, 1.165) is 10.6 Å². The minimum atomic E-state index is -0.788. The van der Waals surface area contributed by atoms with Gasteiger partial charge in [-0.3, -0.25) is 4.79 Å². The summed E-state index contributed by atoms with van der Waals surface area (Å²) in [5.41, 5.74) is 0.830. The first-order valence-electron chi connectivity index (χ1n) is 5.83. The summed E-state index contributed by atoms with van der Waals surface area (Å²) >= 11 is 8.72. The molecule has 0 radical (unpaired) electrons. The van der Waals surface area contributed by atoms with Gasteiger partial charge in [0.25, 0.3) is 0 Å². The summed E-state index contributed by atoms with van der Waals surface area (Å²) in [6, 6.07) is 9.37. The van der Waals surface area contributed by atoms with Gasteiger partial charge in [0, 0.05) is 16.0 Å². The zero-order valence-corrected chi connectivity index (χ0v) is 13.1. The Morgan fingerprint density at radius 2 is 2.30 bits per heavy atom. The van der Waals surface area contributed by atoms with Crippen LogP contribution in [0.2, 0.25) is 5.02 Å². The topological polar surface area (TPSA) is 53.8 Å². The highest BCUT2D eigenvalue weighted by Crippen LogP contribution is 2.29. The van der Waals surface area contributed by atoms with E-state index < -0.39 is 5.92 Å². The van der Waals surface area contributed by atoms with E-state index in [1.165, 1.54) is 23.1 Å². The summed E-state index contributed by atoms with van der Waals surface area (Å²) in [4.78, 5) is 17.2. The van der Waals surface area contributed by atoms with E-state index in [4.69, 9.17) is 11.6 Å². The van der Waals surface area contributed by atoms with Crippen molar-refractivity contribution in [3.05, 3.63) is 45.4 Å². The van der Waals surface area contributed by atoms with Crippen molar-refractivity contribution in [3.63, 3.8) is 0 Å². The Morgan fingerprint density at radius 1 is 1.55 bits per heavy atom. The third-order valence-electron chi connectivity index (χ3n) is 2.54. The molecule has 0 saturated carbocycles. The fourth-order valence-electron chi connectivity index (χ4n) is 1.56. The SMILES string of the molecule is Cc1csc([C@@H](C#N)C(=O)CSc2ccccc2Cl)n1. The molecule has 0 N–H and O–H groups in total. The maximum atomic E-state index is 12.1. The predicted octanol–water partition coefficient (Wildman–Crippen LogP) is 4.07. The van der Waals surface area contributed by atoms with Crippen LogP contribution in [0.3, 0.4) is 0 Å². The highest BCUT2D eigenvalue weighted by molar-refractivity contribution is 8.00. The smallest absolute Gasteiger partial charge is 0.167 e. The monoisotopic (exact) mass is 322 g/mol. The van der Waals surface area contributed by atoms with Crippen LogP contribution in [0.25, 0.3) is 0 Å². The number of hydrogen-bond acceptors (Lipinski definition) is 5. The molecule has 1 aromatic heterocycles. The van der Waals surface area contributed by atoms with E-state index in [1.54, 1.807) is 6.07 Å². The highest BCUT2D eigenvalue weighted by Gasteiger charge is 2.23. The maximum absolute atomic E-state index is 12.1. The molecular formula is C14H11ClN2OS2. The fourth-order valence-corrected chi connectivity index (χ4v) is 3.57. The molecule has 0 spiro atoms. The number of thioether (sulfide) groups is 1. The van der Waals surface area contributed by atoms with Crippen molar-refractivity contribution in [1.29, 1.82) is 5.26 Å². The fraction of sp³-hybridized carbons (Fsp3) is 0.214. The number of hydrogen-bond donors (Lipinski definition) is 0. The van der Waals surface area contributed by atoms with Crippen LogP contribution in [0.4, 0.5) is 0 Å². The van der Waals surface area contributed by atoms with Gasteiger partial charge in [-0.15, -0.1) is 23.1 Å². The van der Waals surface area contributed by atoms with E-state index in [-0.39, 0.29) is 11.5 Å². The standard InChI is InChI=1S/C14H11ClN2OS2/c1-9-7-20-14(17-9)10(6-16)12(18)8-19-13-5-3-2-4-11(13)15/h2-5,7,10H,8H2,1H3/t10-/m0/s1. The molecule has 20 heavy (non-hydrogen) atoms. The van der Waals surface area contributed by atoms with Gasteiger partial charge in [0.2, 0.25) is 0 Å². The maximum Gasteiger partial charge on any atom is 0.167 e. The van der Waals surface area contributed by atoms with Gasteiger partial charge < -0.3 is 0 Å². The second-order valence-corrected chi connectivity index (χ2v) is 6.39. The van der Waals surface area contributed by atoms with Crippen LogP contribution >= 0.6 is 34.7 Å². The molecule has 0 fully saturated rings. The van der Waals surface area contributed by atoms with Crippen molar-refractivity contribution < 1.29 is 4.79 Å². The molecule has 102 valence electrons. The number of carbonyl (C=O) groups excluding carboxylic acids is 1. The summed E-state index contributed by atoms with van der Waals surface area (Å²) in [7, 11) is 0. The second-order valence-electron chi connectivity index (χ2n) is 4.07. The first kappa shape index (κ1) is 15.0. The Bertz CT molecular complexity index is 663. The lowest BCUT2D eigenvalue weighted by atomic mass is 10.1. The molecule has 0 aliphatic heterocycles. The van der Waals surface area contributed by atoms with Gasteiger partial charge in [-0.05, 0) is 19.1 Å². The zero-order chi connectivity index (χ0) is 14.5. The molecule has 0 saturated heterocycles. The Labute approximate surface area is 130 Å². The Kier molecular flexibility index (Phi) is 5.18. The van der Waals surface area contributed by atoms with Crippen LogP contribution < -0.4 is 0 Å². The minimum absolute atomic E-state index is 0.147. The molecule has 0 bridgehead atoms. The number of nitriles is 1. The van der Waals surface area contributed by atoms with Gasteiger partial charge in [-0.25, -0.2) is 4.98 Å². The number of carbonyl (C=O) groups is 1.